The van der Waals surface area contributed by atoms with Gasteiger partial charge in [0.1, 0.15) is 5.75 Å². The summed E-state index contributed by atoms with van der Waals surface area (Å²) in [6.45, 7) is 0. The van der Waals surface area contributed by atoms with Crippen LogP contribution in [0.15, 0.2) is 30.3 Å². The van der Waals surface area contributed by atoms with Gasteiger partial charge in [-0.25, -0.2) is 0 Å². The summed E-state index contributed by atoms with van der Waals surface area (Å²) in [6.07, 6.45) is -1.15. The van der Waals surface area contributed by atoms with Crippen LogP contribution < -0.4 is 4.74 Å². The topological polar surface area (TPSA) is 9.23 Å². The molecule has 0 saturated carbocycles. The average Bonchev–Trinajstić information content (AvgIpc) is 2.12. The smallest absolute Gasteiger partial charge is 0.406 e. The Balaban J connectivity index is 2.79. The van der Waals surface area contributed by atoms with Crippen LogP contribution in [0.4, 0.5) is 13.2 Å². The molecule has 0 spiro atoms. The lowest BCUT2D eigenvalue weighted by Gasteiger charge is -2.08. The lowest BCUT2D eigenvalue weighted by molar-refractivity contribution is -0.274. The molecule has 0 unspecified atom stereocenters. The Labute approximate surface area is 93.7 Å². The van der Waals surface area contributed by atoms with Gasteiger partial charge in [-0.2, -0.15) is 0 Å². The van der Waals surface area contributed by atoms with E-state index in [1.807, 2.05) is 0 Å². The number of benzene rings is 1. The minimum Gasteiger partial charge on any atom is -0.406 e. The van der Waals surface area contributed by atoms with Crippen molar-refractivity contribution in [1.29, 1.82) is 0 Å². The second kappa shape index (κ2) is 5.21. The molecular weight excluding hydrogens is 273 g/mol. The van der Waals surface area contributed by atoms with Crippen LogP contribution in [0.5, 0.6) is 5.75 Å². The third kappa shape index (κ3) is 4.88. The molecule has 82 valence electrons. The first kappa shape index (κ1) is 12.1. The van der Waals surface area contributed by atoms with Gasteiger partial charge in [-0.1, -0.05) is 40.2 Å². The van der Waals surface area contributed by atoms with Crippen LogP contribution in [-0.4, -0.2) is 11.7 Å². The largest absolute Gasteiger partial charge is 0.573 e. The second-order valence-electron chi connectivity index (χ2n) is 2.68. The minimum absolute atomic E-state index is 0.209. The molecular formula is C10H8BrF3O. The average molecular weight is 281 g/mol. The molecule has 0 aliphatic heterocycles. The van der Waals surface area contributed by atoms with Crippen molar-refractivity contribution in [3.05, 3.63) is 35.9 Å². The molecule has 0 heterocycles. The molecule has 0 amide bonds. The van der Waals surface area contributed by atoms with Crippen LogP contribution in [0.3, 0.4) is 0 Å². The Morgan fingerprint density at radius 3 is 2.67 bits per heavy atom. The Hall–Kier alpha value is -0.970. The van der Waals surface area contributed by atoms with Crippen LogP contribution in [0.25, 0.3) is 6.08 Å². The number of ether oxygens (including phenoxy) is 1. The second-order valence-corrected chi connectivity index (χ2v) is 3.32. The zero-order valence-electron chi connectivity index (χ0n) is 7.59. The number of rotatable bonds is 3. The fourth-order valence-electron chi connectivity index (χ4n) is 0.996. The van der Waals surface area contributed by atoms with Crippen molar-refractivity contribution >= 4 is 22.0 Å². The highest BCUT2D eigenvalue weighted by molar-refractivity contribution is 9.09. The van der Waals surface area contributed by atoms with Crippen molar-refractivity contribution in [2.24, 2.45) is 0 Å². The van der Waals surface area contributed by atoms with Crippen molar-refractivity contribution in [3.63, 3.8) is 0 Å². The highest BCUT2D eigenvalue weighted by Gasteiger charge is 2.30. The van der Waals surface area contributed by atoms with E-state index in [9.17, 15) is 13.2 Å². The molecule has 1 aromatic rings. The molecule has 0 fully saturated rings. The van der Waals surface area contributed by atoms with Gasteiger partial charge in [0.15, 0.2) is 0 Å². The van der Waals surface area contributed by atoms with Gasteiger partial charge in [0, 0.05) is 5.33 Å². The normalized spacial score (nSPS) is 12.0. The van der Waals surface area contributed by atoms with E-state index in [-0.39, 0.29) is 5.75 Å². The van der Waals surface area contributed by atoms with Crippen molar-refractivity contribution in [2.45, 2.75) is 6.36 Å². The molecule has 0 bridgehead atoms. The standard InChI is InChI=1S/C10H8BrF3O/c11-6-2-4-8-3-1-5-9(7-8)15-10(12,13)14/h1-5,7H,6H2/b4-2+. The third-order valence-corrected chi connectivity index (χ3v) is 1.86. The summed E-state index contributed by atoms with van der Waals surface area (Å²) < 4.78 is 39.4. The first-order chi connectivity index (χ1) is 7.01. The Kier molecular flexibility index (Phi) is 4.20. The molecule has 0 N–H and O–H groups in total. The molecule has 5 heteroatoms. The summed E-state index contributed by atoms with van der Waals surface area (Å²) in [6, 6.07) is 5.79. The van der Waals surface area contributed by atoms with Crippen LogP contribution in [0.1, 0.15) is 5.56 Å². The lowest BCUT2D eigenvalue weighted by Crippen LogP contribution is -2.17. The van der Waals surface area contributed by atoms with Gasteiger partial charge in [0.25, 0.3) is 0 Å². The van der Waals surface area contributed by atoms with Gasteiger partial charge in [-0.15, -0.1) is 13.2 Å². The van der Waals surface area contributed by atoms with Crippen molar-refractivity contribution < 1.29 is 17.9 Å². The number of halogens is 4. The van der Waals surface area contributed by atoms with Crippen LogP contribution >= 0.6 is 15.9 Å². The van der Waals surface area contributed by atoms with Crippen LogP contribution in [-0.2, 0) is 0 Å². The fraction of sp³-hybridized carbons (Fsp3) is 0.200. The maximum Gasteiger partial charge on any atom is 0.573 e. The molecule has 0 aromatic heterocycles. The fourth-order valence-corrected chi connectivity index (χ4v) is 1.18. The summed E-state index contributed by atoms with van der Waals surface area (Å²) in [5.74, 6) is -0.209. The molecule has 0 atom stereocenters. The molecule has 0 saturated heterocycles. The molecule has 1 aromatic carbocycles. The monoisotopic (exact) mass is 280 g/mol. The molecule has 0 aliphatic rings. The summed E-state index contributed by atoms with van der Waals surface area (Å²) in [7, 11) is 0. The van der Waals surface area contributed by atoms with E-state index in [4.69, 9.17) is 0 Å². The third-order valence-electron chi connectivity index (χ3n) is 1.49. The SMILES string of the molecule is FC(F)(F)Oc1cccc(/C=C/CBr)c1. The van der Waals surface area contributed by atoms with Gasteiger partial charge in [-0.05, 0) is 17.7 Å². The van der Waals surface area contributed by atoms with E-state index < -0.39 is 6.36 Å². The maximum atomic E-state index is 11.9. The molecule has 0 radical (unpaired) electrons. The Bertz CT molecular complexity index is 347. The van der Waals surface area contributed by atoms with E-state index in [0.29, 0.717) is 10.9 Å². The maximum absolute atomic E-state index is 11.9. The first-order valence-corrected chi connectivity index (χ1v) is 5.22. The summed E-state index contributed by atoms with van der Waals surface area (Å²) in [5, 5.41) is 0.650. The van der Waals surface area contributed by atoms with Gasteiger partial charge in [-0.3, -0.25) is 0 Å². The Morgan fingerprint density at radius 1 is 1.33 bits per heavy atom. The number of allylic oxidation sites excluding steroid dienone is 1. The lowest BCUT2D eigenvalue weighted by atomic mass is 10.2. The van der Waals surface area contributed by atoms with Crippen LogP contribution in [0.2, 0.25) is 0 Å². The van der Waals surface area contributed by atoms with Crippen LogP contribution in [0, 0.1) is 0 Å². The molecule has 0 aliphatic carbocycles. The zero-order valence-corrected chi connectivity index (χ0v) is 9.18. The van der Waals surface area contributed by atoms with Gasteiger partial charge in [0.2, 0.25) is 0 Å². The number of alkyl halides is 4. The number of hydrogen-bond donors (Lipinski definition) is 0. The first-order valence-electron chi connectivity index (χ1n) is 4.09. The van der Waals surface area contributed by atoms with E-state index >= 15 is 0 Å². The zero-order chi connectivity index (χ0) is 11.3. The predicted molar refractivity (Wildman–Crippen MR) is 56.0 cm³/mol. The highest BCUT2D eigenvalue weighted by Crippen LogP contribution is 2.23. The van der Waals surface area contributed by atoms with Crippen molar-refractivity contribution in [1.82, 2.24) is 0 Å². The molecule has 1 rings (SSSR count). The Morgan fingerprint density at radius 2 is 2.07 bits per heavy atom. The van der Waals surface area contributed by atoms with Gasteiger partial charge in [0.05, 0.1) is 0 Å². The van der Waals surface area contributed by atoms with Gasteiger partial charge < -0.3 is 4.74 Å². The van der Waals surface area contributed by atoms with Crippen molar-refractivity contribution in [2.75, 3.05) is 5.33 Å². The summed E-state index contributed by atoms with van der Waals surface area (Å²) in [5.41, 5.74) is 0.663. The highest BCUT2D eigenvalue weighted by atomic mass is 79.9. The van der Waals surface area contributed by atoms with E-state index in [0.717, 1.165) is 0 Å². The van der Waals surface area contributed by atoms with E-state index in [1.165, 1.54) is 18.2 Å². The number of hydrogen-bond acceptors (Lipinski definition) is 1. The minimum atomic E-state index is -4.64. The predicted octanol–water partition coefficient (Wildman–Crippen LogP) is 3.99. The van der Waals surface area contributed by atoms with E-state index in [1.54, 1.807) is 18.2 Å². The molecule has 1 nitrogen and oxygen atoms in total. The van der Waals surface area contributed by atoms with Crippen molar-refractivity contribution in [3.8, 4) is 5.75 Å². The van der Waals surface area contributed by atoms with E-state index in [2.05, 4.69) is 20.7 Å². The summed E-state index contributed by atoms with van der Waals surface area (Å²) in [4.78, 5) is 0. The molecule has 15 heavy (non-hydrogen) atoms. The summed E-state index contributed by atoms with van der Waals surface area (Å²) >= 11 is 3.18. The van der Waals surface area contributed by atoms with Gasteiger partial charge >= 0.3 is 6.36 Å². The quantitative estimate of drug-likeness (QED) is 0.761.